The molecule has 0 spiro atoms. The summed E-state index contributed by atoms with van der Waals surface area (Å²) in [6, 6.07) is 0.199. The zero-order valence-corrected chi connectivity index (χ0v) is 45.0. The smallest absolute Gasteiger partial charge is 0.305 e. The first-order valence-electron chi connectivity index (χ1n) is 29.0. The van der Waals surface area contributed by atoms with Crippen LogP contribution >= 0.6 is 0 Å². The first kappa shape index (κ1) is 63.4. The first-order valence-corrected chi connectivity index (χ1v) is 29.0. The Bertz CT molecular complexity index is 1040. The molecule has 7 nitrogen and oxygen atoms in total. The zero-order valence-electron chi connectivity index (χ0n) is 45.0. The molecule has 0 N–H and O–H groups in total. The predicted molar refractivity (Wildman–Crippen MR) is 281 cm³/mol. The number of hydrogen-bond acceptors (Lipinski definition) is 6. The Hall–Kier alpha value is -1.63. The fourth-order valence-electron chi connectivity index (χ4n) is 9.53. The number of rotatable bonds is 51. The van der Waals surface area contributed by atoms with E-state index in [0.717, 1.165) is 83.7 Å². The number of carbonyl (C=O) groups excluding carboxylic acids is 3. The second kappa shape index (κ2) is 48.8. The van der Waals surface area contributed by atoms with Gasteiger partial charge in [-0.2, -0.15) is 0 Å². The van der Waals surface area contributed by atoms with E-state index in [-0.39, 0.29) is 18.0 Å². The van der Waals surface area contributed by atoms with Crippen LogP contribution in [-0.4, -0.2) is 74.1 Å². The van der Waals surface area contributed by atoms with Gasteiger partial charge < -0.3 is 19.3 Å². The summed E-state index contributed by atoms with van der Waals surface area (Å²) in [7, 11) is 4.23. The number of nitrogens with zero attached hydrogens (tertiary/aromatic N) is 2. The van der Waals surface area contributed by atoms with Gasteiger partial charge in [-0.05, 0) is 96.7 Å². The van der Waals surface area contributed by atoms with Crippen molar-refractivity contribution in [2.24, 2.45) is 11.8 Å². The average Bonchev–Trinajstić information content (AvgIpc) is 3.29. The standard InChI is InChI=1S/C58H114N2O5/c1-8-13-18-22-25-32-42-53(40-30-17-12-5)51-64-57(62)47-37-28-34-44-55(60(50-39-49-59(6)7)56(61)46-36-27-24-20-15-10-3)45-35-29-38-48-58(63)65-52-54(41-31-21-16-11-4)43-33-26-23-19-14-9-2/h53-55H,8-52H2,1-7H3. The Morgan fingerprint density at radius 3 is 1.08 bits per heavy atom. The van der Waals surface area contributed by atoms with E-state index in [9.17, 15) is 14.4 Å². The molecular formula is C58H114N2O5. The van der Waals surface area contributed by atoms with Gasteiger partial charge in [0.05, 0.1) is 13.2 Å². The predicted octanol–water partition coefficient (Wildman–Crippen LogP) is 17.2. The van der Waals surface area contributed by atoms with Crippen LogP contribution in [-0.2, 0) is 23.9 Å². The highest BCUT2D eigenvalue weighted by molar-refractivity contribution is 5.76. The molecule has 1 amide bonds. The van der Waals surface area contributed by atoms with E-state index in [1.165, 1.54) is 173 Å². The fraction of sp³-hybridized carbons (Fsp3) is 0.948. The minimum absolute atomic E-state index is 0.0363. The third kappa shape index (κ3) is 42.2. The van der Waals surface area contributed by atoms with Gasteiger partial charge in [0.2, 0.25) is 5.91 Å². The molecule has 7 heteroatoms. The van der Waals surface area contributed by atoms with E-state index in [4.69, 9.17) is 9.47 Å². The molecule has 0 fully saturated rings. The van der Waals surface area contributed by atoms with E-state index >= 15 is 0 Å². The third-order valence-corrected chi connectivity index (χ3v) is 13.9. The molecule has 0 heterocycles. The van der Waals surface area contributed by atoms with Crippen LogP contribution in [0.25, 0.3) is 0 Å². The molecule has 0 aromatic rings. The molecule has 3 unspecified atom stereocenters. The lowest BCUT2D eigenvalue weighted by Gasteiger charge is -2.33. The van der Waals surface area contributed by atoms with Gasteiger partial charge in [0, 0.05) is 31.8 Å². The van der Waals surface area contributed by atoms with Gasteiger partial charge in [0.1, 0.15) is 0 Å². The molecule has 0 saturated heterocycles. The van der Waals surface area contributed by atoms with Gasteiger partial charge >= 0.3 is 11.9 Å². The number of hydrogen-bond donors (Lipinski definition) is 0. The van der Waals surface area contributed by atoms with Crippen molar-refractivity contribution in [3.8, 4) is 0 Å². The Morgan fingerprint density at radius 2 is 0.662 bits per heavy atom. The summed E-state index contributed by atoms with van der Waals surface area (Å²) < 4.78 is 11.8. The van der Waals surface area contributed by atoms with Gasteiger partial charge in [-0.3, -0.25) is 14.4 Å². The van der Waals surface area contributed by atoms with Crippen molar-refractivity contribution in [2.75, 3.05) is 40.4 Å². The second-order valence-electron chi connectivity index (χ2n) is 20.7. The van der Waals surface area contributed by atoms with Crippen molar-refractivity contribution in [3.05, 3.63) is 0 Å². The molecule has 0 saturated carbocycles. The van der Waals surface area contributed by atoms with Crippen molar-refractivity contribution in [2.45, 2.75) is 304 Å². The molecule has 0 bridgehead atoms. The van der Waals surface area contributed by atoms with Crippen LogP contribution in [0.2, 0.25) is 0 Å². The molecule has 0 aromatic carbocycles. The first-order chi connectivity index (χ1) is 31.7. The van der Waals surface area contributed by atoms with Crippen LogP contribution in [0.15, 0.2) is 0 Å². The SMILES string of the molecule is CCCCCCCCC(=O)N(CCCN(C)C)C(CCCCCC(=O)OCC(CCCCC)CCCCCCCC)CCCCCC(=O)OCC(CCCCCC)CCCCCCCC. The number of ether oxygens (including phenoxy) is 2. The normalized spacial score (nSPS) is 13.0. The van der Waals surface area contributed by atoms with Crippen LogP contribution in [0.4, 0.5) is 0 Å². The summed E-state index contributed by atoms with van der Waals surface area (Å²) in [5.74, 6) is 1.23. The maximum atomic E-state index is 14.0. The summed E-state index contributed by atoms with van der Waals surface area (Å²) in [6.45, 7) is 14.2. The molecule has 386 valence electrons. The van der Waals surface area contributed by atoms with Gasteiger partial charge in [0.25, 0.3) is 0 Å². The lowest BCUT2D eigenvalue weighted by Crippen LogP contribution is -2.41. The molecule has 0 radical (unpaired) electrons. The van der Waals surface area contributed by atoms with Crippen LogP contribution in [0.3, 0.4) is 0 Å². The lowest BCUT2D eigenvalue weighted by atomic mass is 9.95. The topological polar surface area (TPSA) is 76.2 Å². The summed E-state index contributed by atoms with van der Waals surface area (Å²) in [6.07, 6.45) is 46.4. The second-order valence-corrected chi connectivity index (χ2v) is 20.7. The van der Waals surface area contributed by atoms with Crippen molar-refractivity contribution >= 4 is 17.8 Å². The molecule has 0 aliphatic carbocycles. The quantitative estimate of drug-likeness (QED) is 0.0447. The maximum absolute atomic E-state index is 14.0. The minimum Gasteiger partial charge on any atom is -0.465 e. The van der Waals surface area contributed by atoms with Crippen LogP contribution in [0, 0.1) is 11.8 Å². The monoisotopic (exact) mass is 919 g/mol. The lowest BCUT2D eigenvalue weighted by molar-refractivity contribution is -0.146. The van der Waals surface area contributed by atoms with Gasteiger partial charge in [-0.25, -0.2) is 0 Å². The zero-order chi connectivity index (χ0) is 47.9. The molecule has 0 aliphatic rings. The van der Waals surface area contributed by atoms with E-state index < -0.39 is 0 Å². The molecule has 0 rings (SSSR count). The number of unbranched alkanes of at least 4 members (excludes halogenated alkanes) is 24. The van der Waals surface area contributed by atoms with E-state index in [2.05, 4.69) is 58.5 Å². The highest BCUT2D eigenvalue weighted by Crippen LogP contribution is 2.24. The highest BCUT2D eigenvalue weighted by atomic mass is 16.5. The number of amides is 1. The summed E-state index contributed by atoms with van der Waals surface area (Å²) in [5, 5.41) is 0. The van der Waals surface area contributed by atoms with Gasteiger partial charge in [-0.1, -0.05) is 214 Å². The van der Waals surface area contributed by atoms with Crippen molar-refractivity contribution in [1.29, 1.82) is 0 Å². The Morgan fingerprint density at radius 1 is 0.354 bits per heavy atom. The maximum Gasteiger partial charge on any atom is 0.305 e. The van der Waals surface area contributed by atoms with Crippen LogP contribution in [0.5, 0.6) is 0 Å². The Balaban J connectivity index is 5.31. The summed E-state index contributed by atoms with van der Waals surface area (Å²) >= 11 is 0. The fourth-order valence-corrected chi connectivity index (χ4v) is 9.53. The van der Waals surface area contributed by atoms with Crippen molar-refractivity contribution in [3.63, 3.8) is 0 Å². The number of carbonyl (C=O) groups is 3. The summed E-state index contributed by atoms with van der Waals surface area (Å²) in [4.78, 5) is 44.3. The van der Waals surface area contributed by atoms with E-state index in [1.807, 2.05) is 0 Å². The minimum atomic E-state index is -0.0387. The van der Waals surface area contributed by atoms with Gasteiger partial charge in [-0.15, -0.1) is 0 Å². The van der Waals surface area contributed by atoms with Crippen LogP contribution in [0.1, 0.15) is 298 Å². The molecule has 3 atom stereocenters. The highest BCUT2D eigenvalue weighted by Gasteiger charge is 2.23. The van der Waals surface area contributed by atoms with Crippen LogP contribution < -0.4 is 0 Å². The van der Waals surface area contributed by atoms with E-state index in [1.54, 1.807) is 0 Å². The third-order valence-electron chi connectivity index (χ3n) is 13.9. The van der Waals surface area contributed by atoms with Crippen molar-refractivity contribution in [1.82, 2.24) is 9.80 Å². The molecule has 65 heavy (non-hydrogen) atoms. The molecule has 0 aromatic heterocycles. The largest absolute Gasteiger partial charge is 0.465 e. The average molecular weight is 920 g/mol. The Kier molecular flexibility index (Phi) is 47.6. The molecular weight excluding hydrogens is 805 g/mol. The number of esters is 2. The van der Waals surface area contributed by atoms with Gasteiger partial charge in [0.15, 0.2) is 0 Å². The Labute approximate surface area is 406 Å². The van der Waals surface area contributed by atoms with Crippen molar-refractivity contribution < 1.29 is 23.9 Å². The summed E-state index contributed by atoms with van der Waals surface area (Å²) in [5.41, 5.74) is 0. The molecule has 0 aliphatic heterocycles. The van der Waals surface area contributed by atoms with E-state index in [0.29, 0.717) is 50.2 Å².